The monoisotopic (exact) mass is 2080 g/mol. The summed E-state index contributed by atoms with van der Waals surface area (Å²) in [6.07, 6.45) is 34.4. The average Bonchev–Trinajstić information content (AvgIpc) is 0.926. The van der Waals surface area contributed by atoms with Crippen LogP contribution in [0.5, 0.6) is 0 Å². The molecule has 0 aromatic carbocycles. The van der Waals surface area contributed by atoms with E-state index in [0.717, 1.165) is 6.54 Å². The lowest BCUT2D eigenvalue weighted by Crippen LogP contribution is -2.33. The fourth-order valence-electron chi connectivity index (χ4n) is 15.0. The third kappa shape index (κ3) is 215. The van der Waals surface area contributed by atoms with Crippen molar-refractivity contribution in [1.29, 1.82) is 0 Å². The summed E-state index contributed by atoms with van der Waals surface area (Å²) in [6.45, 7) is 150. The van der Waals surface area contributed by atoms with Gasteiger partial charge in [-0.25, -0.2) is 0 Å². The van der Waals surface area contributed by atoms with Gasteiger partial charge in [-0.05, 0) is 433 Å². The first-order valence-corrected chi connectivity index (χ1v) is 58.4. The topological polar surface area (TPSA) is 38.9 Å². The van der Waals surface area contributed by atoms with Crippen LogP contribution in [0.25, 0.3) is 0 Å². The van der Waals surface area contributed by atoms with Gasteiger partial charge in [0, 0.05) is 19.6 Å². The molecule has 145 heavy (non-hydrogen) atoms. The second-order valence-corrected chi connectivity index (χ2v) is 56.5. The van der Waals surface area contributed by atoms with Gasteiger partial charge in [0.15, 0.2) is 0 Å². The maximum absolute atomic E-state index is 2.61. The maximum atomic E-state index is 2.61. The Balaban J connectivity index is -0.0000000652. The van der Waals surface area contributed by atoms with Crippen LogP contribution >= 0.6 is 0 Å². The number of nitrogens with zero attached hydrogens (tertiary/aromatic N) is 12. The molecule has 0 aliphatic heterocycles. The van der Waals surface area contributed by atoms with Crippen LogP contribution in [-0.2, 0) is 0 Å². The summed E-state index contributed by atoms with van der Waals surface area (Å²) in [5.41, 5.74) is 5.89. The molecule has 0 atom stereocenters. The minimum atomic E-state index is 0. The summed E-state index contributed by atoms with van der Waals surface area (Å²) in [4.78, 5) is 29.1. The minimum absolute atomic E-state index is 0. The fourth-order valence-corrected chi connectivity index (χ4v) is 15.0. The Morgan fingerprint density at radius 1 is 0.124 bits per heavy atom. The zero-order valence-corrected chi connectivity index (χ0v) is 109. The Morgan fingerprint density at radius 2 is 0.297 bits per heavy atom. The lowest BCUT2D eigenvalue weighted by atomic mass is 9.90. The van der Waals surface area contributed by atoms with Gasteiger partial charge in [0.2, 0.25) is 0 Å². The third-order valence-electron chi connectivity index (χ3n) is 22.9. The van der Waals surface area contributed by atoms with Crippen molar-refractivity contribution in [2.75, 3.05) is 240 Å². The van der Waals surface area contributed by atoms with Crippen molar-refractivity contribution >= 4 is 0 Å². The number of rotatable bonds is 53. The normalized spacial score (nSPS) is 11.8. The molecule has 0 radical (unpaired) electrons. The first-order valence-electron chi connectivity index (χ1n) is 58.4. The quantitative estimate of drug-likeness (QED) is 0.0545. The molecule has 0 saturated heterocycles. The van der Waals surface area contributed by atoms with Gasteiger partial charge >= 0.3 is 0 Å². The number of hydrogen-bond acceptors (Lipinski definition) is 12. The maximum Gasteiger partial charge on any atom is 0.00300 e. The first-order chi connectivity index (χ1) is 62.1. The molecule has 0 unspecified atom stereocenters. The van der Waals surface area contributed by atoms with Gasteiger partial charge < -0.3 is 58.8 Å². The minimum Gasteiger partial charge on any atom is -0.309 e. The first kappa shape index (κ1) is 192. The highest BCUT2D eigenvalue weighted by atomic mass is 15.1. The molecule has 0 fully saturated rings. The Hall–Kier alpha value is -0.480. The van der Waals surface area contributed by atoms with Crippen molar-refractivity contribution in [2.45, 2.75) is 579 Å². The van der Waals surface area contributed by atoms with E-state index in [1.54, 1.807) is 0 Å². The van der Waals surface area contributed by atoms with Crippen molar-refractivity contribution in [3.05, 3.63) is 0 Å². The second kappa shape index (κ2) is 113. The summed E-state index contributed by atoms with van der Waals surface area (Å²) in [7, 11) is 19.1. The molecule has 0 rings (SSSR count). The zero-order chi connectivity index (χ0) is 110. The zero-order valence-electron chi connectivity index (χ0n) is 109. The fraction of sp³-hybridized carbons (Fsp3) is 1.00. The smallest absolute Gasteiger partial charge is 0.00300 e. The Bertz CT molecular complexity index is 2260. The van der Waals surface area contributed by atoms with Gasteiger partial charge in [-0.3, -0.25) is 0 Å². The molecular weight excluding hydrogens is 1770 g/mol. The summed E-state index contributed by atoms with van der Waals surface area (Å²) >= 11 is 0. The van der Waals surface area contributed by atoms with Crippen molar-refractivity contribution in [1.82, 2.24) is 58.8 Å². The Labute approximate surface area is 937 Å². The Morgan fingerprint density at radius 3 is 0.490 bits per heavy atom. The summed E-state index contributed by atoms with van der Waals surface area (Å²) < 4.78 is 0. The van der Waals surface area contributed by atoms with Crippen molar-refractivity contribution in [3.8, 4) is 0 Å². The van der Waals surface area contributed by atoms with E-state index in [0.29, 0.717) is 65.0 Å². The highest BCUT2D eigenvalue weighted by Gasteiger charge is 2.20. The molecule has 12 heteroatoms. The average molecular weight is 2090 g/mol. The highest BCUT2D eigenvalue weighted by Crippen LogP contribution is 2.28. The highest BCUT2D eigenvalue weighted by molar-refractivity contribution is 4.74. The molecule has 0 aliphatic carbocycles. The van der Waals surface area contributed by atoms with E-state index in [4.69, 9.17) is 0 Å². The van der Waals surface area contributed by atoms with E-state index in [-0.39, 0.29) is 59.4 Å². The third-order valence-corrected chi connectivity index (χ3v) is 22.9. The summed E-state index contributed by atoms with van der Waals surface area (Å²) in [5.74, 6) is 0. The van der Waals surface area contributed by atoms with E-state index in [9.17, 15) is 0 Å². The van der Waals surface area contributed by atoms with Crippen LogP contribution < -0.4 is 0 Å². The van der Waals surface area contributed by atoms with Gasteiger partial charge in [-0.15, -0.1) is 0 Å². The van der Waals surface area contributed by atoms with Gasteiger partial charge in [0.05, 0.1) is 0 Å². The lowest BCUT2D eigenvalue weighted by Gasteiger charge is -2.29. The number of hydrogen-bond donors (Lipinski definition) is 0. The summed E-state index contributed by atoms with van der Waals surface area (Å²) in [5, 5.41) is 0. The van der Waals surface area contributed by atoms with Crippen LogP contribution in [0.4, 0.5) is 0 Å². The van der Waals surface area contributed by atoms with Gasteiger partial charge in [-0.1, -0.05) is 432 Å². The van der Waals surface area contributed by atoms with Crippen LogP contribution in [0.3, 0.4) is 0 Å². The summed E-state index contributed by atoms with van der Waals surface area (Å²) in [6, 6.07) is 0. The van der Waals surface area contributed by atoms with Crippen molar-refractivity contribution < 1.29 is 0 Å². The van der Waals surface area contributed by atoms with Crippen LogP contribution in [0.1, 0.15) is 579 Å². The molecule has 0 heterocycles. The van der Waals surface area contributed by atoms with Gasteiger partial charge in [-0.2, -0.15) is 0 Å². The molecule has 0 aromatic heterocycles. The van der Waals surface area contributed by atoms with E-state index >= 15 is 0 Å². The predicted octanol–water partition coefficient (Wildman–Crippen LogP) is 40.2. The number of unbranched alkanes of at least 4 members (excludes halogenated alkanes) is 3. The molecule has 0 N–H and O–H groups in total. The predicted molar refractivity (Wildman–Crippen MR) is 699 cm³/mol. The molecule has 0 bridgehead atoms. The molecule has 0 aromatic rings. The Kier molecular flexibility index (Phi) is 150. The second-order valence-electron chi connectivity index (χ2n) is 56.5. The van der Waals surface area contributed by atoms with E-state index in [1.165, 1.54) is 337 Å². The van der Waals surface area contributed by atoms with Gasteiger partial charge in [0.25, 0.3) is 0 Å². The van der Waals surface area contributed by atoms with Crippen LogP contribution in [0, 0.1) is 65.0 Å². The van der Waals surface area contributed by atoms with E-state index in [2.05, 4.69) is 475 Å². The van der Waals surface area contributed by atoms with E-state index < -0.39 is 0 Å². The molecule has 0 aliphatic rings. The molecule has 910 valence electrons. The van der Waals surface area contributed by atoms with Gasteiger partial charge in [0.1, 0.15) is 0 Å². The molecule has 0 amide bonds. The largest absolute Gasteiger partial charge is 0.309 e. The molecule has 12 nitrogen and oxygen atoms in total. The standard InChI is InChI=1S/C14H31N.C13H29N.2C12H27N.C11H25N.3C10H23N.2C9H21N.C8H19N.C7H17N.8CH4/c1-6-11-15(12-7-2)13-9-8-10-14(3,4)5;1-6-10-14(11-7-2)12-8-9-13(3,4)5;1-6-13(7-2)11-9-8-10-12(3,4)5;1-6-9-13(10-7-2)11-8-12(3,4)5;1-6-8-12(9-7-2)10-11(3,4)5;1-10(2,3)8-6-7-9-11(4)5;1-6-11(5)9-7-8-10(2,3)4;1-6-11(7-2)9-8-10(3,4)5;1-9(2,3)7-6-8-10(4)5;1-6-10(7-2)8-9(3,4)5;1-8(2,3)6-7-9(4)5;1-7(2,3)6-8(4)5;;;;;;;;/h6-13H2,1-5H3;6-12H2,1-5H3;2*6-11H2,1-5H3;6-10H2,1-5H3;3*6-9H2,1-5H3;2*6-8H2,1-5H3;6-7H2,1-5H3;6H2,1-5H3;8*1H4. The van der Waals surface area contributed by atoms with Crippen LogP contribution in [0.15, 0.2) is 0 Å². The van der Waals surface area contributed by atoms with Crippen molar-refractivity contribution in [3.63, 3.8) is 0 Å². The van der Waals surface area contributed by atoms with Crippen molar-refractivity contribution in [2.24, 2.45) is 65.0 Å². The lowest BCUT2D eigenvalue weighted by molar-refractivity contribution is 0.191. The van der Waals surface area contributed by atoms with Crippen LogP contribution in [0.2, 0.25) is 0 Å². The molecule has 0 spiro atoms. The molecule has 0 saturated carbocycles. The van der Waals surface area contributed by atoms with E-state index in [1.807, 2.05) is 0 Å². The molecular formula is C133H318N12. The van der Waals surface area contributed by atoms with Crippen LogP contribution in [-0.4, -0.2) is 299 Å². The SMILES string of the molecule is C.C.C.C.C.C.C.C.CCCN(CCC)CC(C)(C)C.CCCN(CCC)CCC(C)(C)C.CCCN(CCC)CCCC(C)(C)C.CCCN(CCC)CCCCC(C)(C)C.CCN(C)CCCC(C)(C)C.CCN(CC)CC(C)(C)C.CCN(CC)CCC(C)(C)C.CCN(CC)CCCCC(C)(C)C.CN(C)CC(C)(C)C.CN(C)CCC(C)(C)C.CN(C)CCCC(C)(C)C.CN(C)CCCCC(C)(C)C.